The molecular formula is C17H34N2O2. The maximum Gasteiger partial charge on any atom is 0.325 e. The normalized spacial score (nSPS) is 25.8. The van der Waals surface area contributed by atoms with Crippen LogP contribution in [0.1, 0.15) is 66.2 Å². The van der Waals surface area contributed by atoms with Gasteiger partial charge in [-0.2, -0.15) is 0 Å². The predicted octanol–water partition coefficient (Wildman–Crippen LogP) is 2.96. The van der Waals surface area contributed by atoms with E-state index < -0.39 is 5.54 Å². The summed E-state index contributed by atoms with van der Waals surface area (Å²) in [6.07, 6.45) is 6.97. The van der Waals surface area contributed by atoms with Crippen LogP contribution >= 0.6 is 0 Å². The molecule has 1 N–H and O–H groups in total. The van der Waals surface area contributed by atoms with Crippen molar-refractivity contribution in [3.8, 4) is 0 Å². The van der Waals surface area contributed by atoms with Gasteiger partial charge in [0, 0.05) is 12.1 Å². The summed E-state index contributed by atoms with van der Waals surface area (Å²) in [4.78, 5) is 14.6. The molecule has 0 saturated carbocycles. The first-order valence-corrected chi connectivity index (χ1v) is 8.57. The van der Waals surface area contributed by atoms with Gasteiger partial charge < -0.3 is 10.1 Å². The van der Waals surface area contributed by atoms with E-state index in [1.165, 1.54) is 26.4 Å². The Morgan fingerprint density at radius 3 is 2.62 bits per heavy atom. The Morgan fingerprint density at radius 2 is 2.05 bits per heavy atom. The number of nitrogens with zero attached hydrogens (tertiary/aromatic N) is 1. The number of carbonyl (C=O) groups is 1. The summed E-state index contributed by atoms with van der Waals surface area (Å²) in [5.74, 6) is -0.148. The summed E-state index contributed by atoms with van der Waals surface area (Å²) in [7, 11) is 1.47. The lowest BCUT2D eigenvalue weighted by molar-refractivity contribution is -0.148. The Kier molecular flexibility index (Phi) is 7.67. The van der Waals surface area contributed by atoms with Crippen molar-refractivity contribution < 1.29 is 9.53 Å². The maximum absolute atomic E-state index is 11.9. The van der Waals surface area contributed by atoms with Crippen molar-refractivity contribution in [2.24, 2.45) is 0 Å². The van der Waals surface area contributed by atoms with Crippen LogP contribution in [0.4, 0.5) is 0 Å². The second kappa shape index (κ2) is 8.74. The highest BCUT2D eigenvalue weighted by atomic mass is 16.5. The monoisotopic (exact) mass is 298 g/mol. The number of likely N-dealkylation sites (N-methyl/N-ethyl adjacent to an activating group) is 1. The molecule has 0 radical (unpaired) electrons. The molecule has 1 fully saturated rings. The lowest BCUT2D eigenvalue weighted by atomic mass is 9.94. The van der Waals surface area contributed by atoms with Crippen LogP contribution in [0.3, 0.4) is 0 Å². The van der Waals surface area contributed by atoms with Crippen molar-refractivity contribution in [2.45, 2.75) is 83.8 Å². The molecule has 3 atom stereocenters. The number of likely N-dealkylation sites (tertiary alicyclic amines) is 1. The largest absolute Gasteiger partial charge is 0.468 e. The number of carbonyl (C=O) groups excluding carboxylic acids is 1. The predicted molar refractivity (Wildman–Crippen MR) is 87.4 cm³/mol. The first kappa shape index (κ1) is 18.4. The van der Waals surface area contributed by atoms with Crippen molar-refractivity contribution >= 4 is 5.97 Å². The molecule has 0 aromatic rings. The lowest BCUT2D eigenvalue weighted by Gasteiger charge is -2.30. The highest BCUT2D eigenvalue weighted by molar-refractivity contribution is 5.80. The molecule has 0 aliphatic carbocycles. The topological polar surface area (TPSA) is 41.6 Å². The number of methoxy groups -OCH3 is 1. The van der Waals surface area contributed by atoms with Crippen LogP contribution in [-0.4, -0.2) is 48.7 Å². The Balaban J connectivity index is 2.39. The number of nitrogens with one attached hydrogen (secondary N) is 1. The number of ether oxygens (including phenoxy) is 1. The van der Waals surface area contributed by atoms with Gasteiger partial charge in [-0.3, -0.25) is 9.69 Å². The number of hydrogen-bond acceptors (Lipinski definition) is 4. The third-order valence-corrected chi connectivity index (χ3v) is 4.97. The minimum absolute atomic E-state index is 0.148. The van der Waals surface area contributed by atoms with E-state index in [0.717, 1.165) is 44.4 Å². The summed E-state index contributed by atoms with van der Waals surface area (Å²) in [6.45, 7) is 10.5. The van der Waals surface area contributed by atoms with E-state index in [2.05, 4.69) is 24.1 Å². The van der Waals surface area contributed by atoms with Crippen LogP contribution in [-0.2, 0) is 9.53 Å². The minimum atomic E-state index is -0.537. The molecule has 0 amide bonds. The molecule has 1 heterocycles. The summed E-state index contributed by atoms with van der Waals surface area (Å²) in [6, 6.07) is 1.48. The Labute approximate surface area is 130 Å². The molecule has 1 aliphatic rings. The van der Waals surface area contributed by atoms with E-state index in [-0.39, 0.29) is 5.97 Å². The molecule has 0 aromatic carbocycles. The highest BCUT2D eigenvalue weighted by Crippen LogP contribution is 2.26. The fraction of sp³-hybridized carbons (Fsp3) is 0.941. The van der Waals surface area contributed by atoms with Crippen LogP contribution in [0.25, 0.3) is 0 Å². The van der Waals surface area contributed by atoms with E-state index in [1.807, 2.05) is 13.8 Å². The molecule has 0 bridgehead atoms. The molecule has 4 heteroatoms. The molecule has 3 unspecified atom stereocenters. The zero-order valence-corrected chi connectivity index (χ0v) is 14.6. The summed E-state index contributed by atoms with van der Waals surface area (Å²) >= 11 is 0. The zero-order valence-electron chi connectivity index (χ0n) is 14.6. The molecule has 1 saturated heterocycles. The SMILES string of the molecule is CCNC(C)(CCCCN1C(C)CCC1CC)C(=O)OC. The average molecular weight is 298 g/mol. The van der Waals surface area contributed by atoms with Crippen molar-refractivity contribution in [3.05, 3.63) is 0 Å². The lowest BCUT2D eigenvalue weighted by Crippen LogP contribution is -2.50. The molecule has 0 spiro atoms. The van der Waals surface area contributed by atoms with Gasteiger partial charge in [-0.05, 0) is 65.5 Å². The number of esters is 1. The minimum Gasteiger partial charge on any atom is -0.468 e. The van der Waals surface area contributed by atoms with E-state index in [1.54, 1.807) is 0 Å². The van der Waals surface area contributed by atoms with Gasteiger partial charge >= 0.3 is 5.97 Å². The van der Waals surface area contributed by atoms with E-state index >= 15 is 0 Å². The molecule has 124 valence electrons. The van der Waals surface area contributed by atoms with Crippen LogP contribution in [0.5, 0.6) is 0 Å². The summed E-state index contributed by atoms with van der Waals surface area (Å²) in [5, 5.41) is 3.28. The first-order chi connectivity index (χ1) is 9.98. The second-order valence-electron chi connectivity index (χ2n) is 6.54. The van der Waals surface area contributed by atoms with Gasteiger partial charge in [-0.1, -0.05) is 13.8 Å². The van der Waals surface area contributed by atoms with Gasteiger partial charge in [0.05, 0.1) is 7.11 Å². The summed E-state index contributed by atoms with van der Waals surface area (Å²) in [5.41, 5.74) is -0.537. The van der Waals surface area contributed by atoms with Gasteiger partial charge in [-0.25, -0.2) is 0 Å². The van der Waals surface area contributed by atoms with E-state index in [9.17, 15) is 4.79 Å². The number of rotatable bonds is 9. The van der Waals surface area contributed by atoms with Crippen molar-refractivity contribution in [2.75, 3.05) is 20.2 Å². The highest BCUT2D eigenvalue weighted by Gasteiger charge is 2.33. The van der Waals surface area contributed by atoms with Crippen LogP contribution in [0.15, 0.2) is 0 Å². The molecule has 4 nitrogen and oxygen atoms in total. The van der Waals surface area contributed by atoms with E-state index in [4.69, 9.17) is 4.74 Å². The maximum atomic E-state index is 11.9. The molecule has 0 aromatic heterocycles. The Morgan fingerprint density at radius 1 is 1.33 bits per heavy atom. The summed E-state index contributed by atoms with van der Waals surface area (Å²) < 4.78 is 4.94. The van der Waals surface area contributed by atoms with Crippen molar-refractivity contribution in [3.63, 3.8) is 0 Å². The third-order valence-electron chi connectivity index (χ3n) is 4.97. The third kappa shape index (κ3) is 4.96. The number of unbranched alkanes of at least 4 members (excludes halogenated alkanes) is 1. The Hall–Kier alpha value is -0.610. The fourth-order valence-corrected chi connectivity index (χ4v) is 3.62. The second-order valence-corrected chi connectivity index (χ2v) is 6.54. The Bertz CT molecular complexity index is 322. The zero-order chi connectivity index (χ0) is 15.9. The average Bonchev–Trinajstić information content (AvgIpc) is 2.83. The fourth-order valence-electron chi connectivity index (χ4n) is 3.62. The van der Waals surface area contributed by atoms with Crippen LogP contribution in [0.2, 0.25) is 0 Å². The standard InChI is InChI=1S/C17H34N2O2/c1-6-15-11-10-14(3)19(15)13-9-8-12-17(4,18-7-2)16(20)21-5/h14-15,18H,6-13H2,1-5H3. The van der Waals surface area contributed by atoms with Crippen LogP contribution in [0, 0.1) is 0 Å². The van der Waals surface area contributed by atoms with Gasteiger partial charge in [0.2, 0.25) is 0 Å². The molecule has 1 rings (SSSR count). The van der Waals surface area contributed by atoms with Crippen molar-refractivity contribution in [1.82, 2.24) is 10.2 Å². The van der Waals surface area contributed by atoms with Gasteiger partial charge in [0.25, 0.3) is 0 Å². The molecular weight excluding hydrogens is 264 g/mol. The van der Waals surface area contributed by atoms with Gasteiger partial charge in [0.15, 0.2) is 0 Å². The van der Waals surface area contributed by atoms with Gasteiger partial charge in [0.1, 0.15) is 5.54 Å². The van der Waals surface area contributed by atoms with Gasteiger partial charge in [-0.15, -0.1) is 0 Å². The first-order valence-electron chi connectivity index (χ1n) is 8.57. The molecule has 21 heavy (non-hydrogen) atoms. The molecule has 1 aliphatic heterocycles. The van der Waals surface area contributed by atoms with Crippen molar-refractivity contribution in [1.29, 1.82) is 0 Å². The number of hydrogen-bond donors (Lipinski definition) is 1. The van der Waals surface area contributed by atoms with E-state index in [0.29, 0.717) is 0 Å². The quantitative estimate of drug-likeness (QED) is 0.525. The smallest absolute Gasteiger partial charge is 0.325 e. The van der Waals surface area contributed by atoms with Crippen LogP contribution < -0.4 is 5.32 Å².